The first kappa shape index (κ1) is 31.1. The molecule has 1 aromatic heterocycles. The molecular weight excluding hydrogens is 550 g/mol. The maximum atomic E-state index is 13.2. The zero-order chi connectivity index (χ0) is 31.1. The number of rotatable bonds is 11. The monoisotopic (exact) mass is 595 g/mol. The minimum atomic E-state index is -0.211. The van der Waals surface area contributed by atoms with Crippen LogP contribution in [0, 0.1) is 13.8 Å². The van der Waals surface area contributed by atoms with Crippen molar-refractivity contribution in [2.45, 2.75) is 72.4 Å². The van der Waals surface area contributed by atoms with E-state index in [4.69, 9.17) is 4.74 Å². The van der Waals surface area contributed by atoms with E-state index in [1.165, 1.54) is 43.4 Å². The largest absolute Gasteiger partial charge is 0.457 e. The Kier molecular flexibility index (Phi) is 10.2. The molecule has 1 saturated heterocycles. The summed E-state index contributed by atoms with van der Waals surface area (Å²) in [4.78, 5) is 28.0. The second-order valence-electron chi connectivity index (χ2n) is 11.8. The van der Waals surface area contributed by atoms with Gasteiger partial charge in [-0.3, -0.25) is 4.79 Å². The molecule has 1 aliphatic rings. The highest BCUT2D eigenvalue weighted by molar-refractivity contribution is 6.06. The van der Waals surface area contributed by atoms with Crippen LogP contribution < -0.4 is 20.7 Å². The van der Waals surface area contributed by atoms with Gasteiger partial charge in [0.2, 0.25) is 0 Å². The van der Waals surface area contributed by atoms with Crippen molar-refractivity contribution in [1.29, 1.82) is 0 Å². The third kappa shape index (κ3) is 7.80. The van der Waals surface area contributed by atoms with E-state index in [0.29, 0.717) is 28.4 Å². The van der Waals surface area contributed by atoms with E-state index in [1.54, 1.807) is 0 Å². The maximum absolute atomic E-state index is 13.2. The first-order valence-corrected chi connectivity index (χ1v) is 15.9. The molecule has 8 nitrogen and oxygen atoms in total. The van der Waals surface area contributed by atoms with E-state index >= 15 is 0 Å². The Labute approximate surface area is 260 Å². The fraction of sp³-hybridized carbons (Fsp3) is 0.389. The number of amides is 3. The van der Waals surface area contributed by atoms with Crippen LogP contribution in [-0.2, 0) is 6.54 Å². The molecule has 0 saturated carbocycles. The normalized spacial score (nSPS) is 13.7. The molecule has 0 bridgehead atoms. The lowest BCUT2D eigenvalue weighted by atomic mass is 10.1. The minimum absolute atomic E-state index is 0.142. The van der Waals surface area contributed by atoms with Crippen LogP contribution >= 0.6 is 0 Å². The van der Waals surface area contributed by atoms with Gasteiger partial charge in [0, 0.05) is 53.2 Å². The highest BCUT2D eigenvalue weighted by Gasteiger charge is 2.15. The van der Waals surface area contributed by atoms with Gasteiger partial charge in [0.15, 0.2) is 0 Å². The Balaban J connectivity index is 1.18. The van der Waals surface area contributed by atoms with Gasteiger partial charge in [-0.15, -0.1) is 0 Å². The molecule has 232 valence electrons. The molecule has 0 aliphatic carbocycles. The van der Waals surface area contributed by atoms with Crippen LogP contribution in [0.3, 0.4) is 0 Å². The molecule has 0 radical (unpaired) electrons. The zero-order valence-corrected chi connectivity index (χ0v) is 26.4. The Morgan fingerprint density at radius 2 is 1.55 bits per heavy atom. The van der Waals surface area contributed by atoms with Crippen LogP contribution in [0.5, 0.6) is 11.5 Å². The molecule has 0 spiro atoms. The predicted molar refractivity (Wildman–Crippen MR) is 179 cm³/mol. The van der Waals surface area contributed by atoms with Gasteiger partial charge in [0.25, 0.3) is 5.91 Å². The third-order valence-electron chi connectivity index (χ3n) is 8.54. The summed E-state index contributed by atoms with van der Waals surface area (Å²) >= 11 is 0. The second kappa shape index (κ2) is 14.4. The highest BCUT2D eigenvalue weighted by Crippen LogP contribution is 2.29. The number of carbonyl (C=O) groups excluding carboxylic acids is 2. The van der Waals surface area contributed by atoms with E-state index in [2.05, 4.69) is 58.5 Å². The van der Waals surface area contributed by atoms with Crippen molar-refractivity contribution in [3.05, 3.63) is 83.6 Å². The van der Waals surface area contributed by atoms with Gasteiger partial charge in [-0.2, -0.15) is 0 Å². The molecule has 0 unspecified atom stereocenters. The van der Waals surface area contributed by atoms with Gasteiger partial charge in [-0.05, 0) is 124 Å². The number of benzene rings is 3. The number of hydrogen-bond donors (Lipinski definition) is 3. The average Bonchev–Trinajstić information content (AvgIpc) is 3.35. The highest BCUT2D eigenvalue weighted by atomic mass is 16.5. The van der Waals surface area contributed by atoms with Gasteiger partial charge in [-0.1, -0.05) is 20.3 Å². The molecule has 5 rings (SSSR count). The van der Waals surface area contributed by atoms with Crippen LogP contribution in [0.4, 0.5) is 16.2 Å². The van der Waals surface area contributed by atoms with E-state index in [1.807, 2.05) is 61.5 Å². The molecule has 3 amide bonds. The molecule has 4 aromatic rings. The van der Waals surface area contributed by atoms with Crippen LogP contribution in [-0.4, -0.2) is 47.1 Å². The van der Waals surface area contributed by atoms with Crippen molar-refractivity contribution in [2.75, 3.05) is 30.3 Å². The summed E-state index contributed by atoms with van der Waals surface area (Å²) in [6.45, 7) is 12.6. The van der Waals surface area contributed by atoms with Crippen LogP contribution in [0.1, 0.15) is 67.4 Å². The van der Waals surface area contributed by atoms with Crippen LogP contribution in [0.2, 0.25) is 0 Å². The van der Waals surface area contributed by atoms with E-state index in [0.717, 1.165) is 36.9 Å². The van der Waals surface area contributed by atoms with Gasteiger partial charge in [0.05, 0.1) is 0 Å². The summed E-state index contributed by atoms with van der Waals surface area (Å²) in [7, 11) is 0. The van der Waals surface area contributed by atoms with Crippen molar-refractivity contribution in [3.8, 4) is 11.5 Å². The van der Waals surface area contributed by atoms with E-state index in [9.17, 15) is 9.59 Å². The maximum Gasteiger partial charge on any atom is 0.319 e. The number of ether oxygens (including phenoxy) is 1. The summed E-state index contributed by atoms with van der Waals surface area (Å²) in [5, 5.41) is 9.99. The van der Waals surface area contributed by atoms with Gasteiger partial charge in [-0.25, -0.2) is 4.79 Å². The molecule has 2 heterocycles. The Bertz CT molecular complexity index is 1580. The molecule has 8 heteroatoms. The molecule has 3 N–H and O–H groups in total. The number of hydrogen-bond acceptors (Lipinski definition) is 4. The van der Waals surface area contributed by atoms with Crippen LogP contribution in [0.15, 0.2) is 66.9 Å². The number of nitrogens with one attached hydrogen (secondary N) is 3. The van der Waals surface area contributed by atoms with Crippen molar-refractivity contribution in [3.63, 3.8) is 0 Å². The number of urea groups is 1. The molecule has 0 atom stereocenters. The number of aromatic nitrogens is 1. The molecule has 1 aliphatic heterocycles. The second-order valence-corrected chi connectivity index (χ2v) is 11.8. The molecular formula is C36H45N5O3. The summed E-state index contributed by atoms with van der Waals surface area (Å²) in [5.41, 5.74) is 5.28. The topological polar surface area (TPSA) is 87.6 Å². The Morgan fingerprint density at radius 3 is 2.25 bits per heavy atom. The van der Waals surface area contributed by atoms with Crippen molar-refractivity contribution < 1.29 is 14.3 Å². The predicted octanol–water partition coefficient (Wildman–Crippen LogP) is 8.10. The lowest BCUT2D eigenvalue weighted by Gasteiger charge is -2.26. The number of fused-ring (bicyclic) bond motifs is 1. The third-order valence-corrected chi connectivity index (χ3v) is 8.54. The number of carbonyl (C=O) groups is 2. The van der Waals surface area contributed by atoms with Gasteiger partial charge >= 0.3 is 6.03 Å². The van der Waals surface area contributed by atoms with Crippen LogP contribution in [0.25, 0.3) is 10.9 Å². The Morgan fingerprint density at radius 1 is 0.818 bits per heavy atom. The van der Waals surface area contributed by atoms with E-state index in [-0.39, 0.29) is 18.0 Å². The summed E-state index contributed by atoms with van der Waals surface area (Å²) in [6.07, 6.45) is 7.93. The lowest BCUT2D eigenvalue weighted by Crippen LogP contribution is -2.37. The summed E-state index contributed by atoms with van der Waals surface area (Å²) < 4.78 is 8.41. The number of likely N-dealkylation sites (tertiary alicyclic amines) is 1. The smallest absolute Gasteiger partial charge is 0.319 e. The molecule has 3 aromatic carbocycles. The number of anilines is 2. The Hall–Kier alpha value is -4.30. The number of piperidine rings is 1. The van der Waals surface area contributed by atoms with Gasteiger partial charge < -0.3 is 30.2 Å². The van der Waals surface area contributed by atoms with Crippen molar-refractivity contribution >= 4 is 34.2 Å². The van der Waals surface area contributed by atoms with E-state index < -0.39 is 0 Å². The standard InChI is InChI=1S/C36H45N5O3/c1-5-28(6-2)38-36(43)39-29-11-14-31(15-12-29)44-34-17-13-30(22-25(34)3)37-35(42)27-10-16-33-32(23-27)26(4)24-41(33)21-20-40-18-8-7-9-19-40/h10-17,22-24,28H,5-9,18-21H2,1-4H3,(H,37,42)(H2,38,39,43). The average molecular weight is 596 g/mol. The summed E-state index contributed by atoms with van der Waals surface area (Å²) in [5.74, 6) is 1.21. The number of aryl methyl sites for hydroxylation is 2. The molecule has 44 heavy (non-hydrogen) atoms. The fourth-order valence-corrected chi connectivity index (χ4v) is 5.86. The SMILES string of the molecule is CCC(CC)NC(=O)Nc1ccc(Oc2ccc(NC(=O)c3ccc4c(c3)c(C)cn4CCN3CCCCC3)cc2C)cc1. The van der Waals surface area contributed by atoms with Crippen molar-refractivity contribution in [2.24, 2.45) is 0 Å². The number of nitrogens with zero attached hydrogens (tertiary/aromatic N) is 2. The minimum Gasteiger partial charge on any atom is -0.457 e. The van der Waals surface area contributed by atoms with Gasteiger partial charge in [0.1, 0.15) is 11.5 Å². The quantitative estimate of drug-likeness (QED) is 0.164. The fourth-order valence-electron chi connectivity index (χ4n) is 5.86. The van der Waals surface area contributed by atoms with Crippen molar-refractivity contribution in [1.82, 2.24) is 14.8 Å². The zero-order valence-electron chi connectivity index (χ0n) is 26.4. The lowest BCUT2D eigenvalue weighted by molar-refractivity contribution is 0.102. The first-order chi connectivity index (χ1) is 21.3. The molecule has 1 fully saturated rings. The first-order valence-electron chi connectivity index (χ1n) is 15.9. The summed E-state index contributed by atoms with van der Waals surface area (Å²) in [6, 6.07) is 18.8.